The van der Waals surface area contributed by atoms with E-state index in [2.05, 4.69) is 58.1 Å². The van der Waals surface area contributed by atoms with Crippen LogP contribution in [0.15, 0.2) is 47.5 Å². The molecule has 26 heavy (non-hydrogen) atoms. The number of nitrogens with zero attached hydrogens (tertiary/aromatic N) is 1. The van der Waals surface area contributed by atoms with Gasteiger partial charge in [0.15, 0.2) is 5.96 Å². The van der Waals surface area contributed by atoms with Crippen LogP contribution < -0.4 is 15.4 Å². The molecule has 0 unspecified atom stereocenters. The molecular weight excluding hydrogens is 326 g/mol. The van der Waals surface area contributed by atoms with Crippen molar-refractivity contribution in [3.63, 3.8) is 0 Å². The normalized spacial score (nSPS) is 13.2. The lowest BCUT2D eigenvalue weighted by Crippen LogP contribution is -2.37. The van der Waals surface area contributed by atoms with E-state index >= 15 is 0 Å². The van der Waals surface area contributed by atoms with Crippen molar-refractivity contribution < 1.29 is 9.47 Å². The van der Waals surface area contributed by atoms with Crippen molar-refractivity contribution in [2.45, 2.75) is 26.0 Å². The number of hydrogen-bond donors (Lipinski definition) is 2. The molecule has 1 aliphatic rings. The molecular formula is C21H27N3O2. The molecule has 2 aromatic rings. The molecule has 0 spiro atoms. The summed E-state index contributed by atoms with van der Waals surface area (Å²) in [5.41, 5.74) is 5.04. The summed E-state index contributed by atoms with van der Waals surface area (Å²) < 4.78 is 10.7. The van der Waals surface area contributed by atoms with E-state index in [0.29, 0.717) is 6.61 Å². The topological polar surface area (TPSA) is 54.9 Å². The molecule has 3 rings (SSSR count). The van der Waals surface area contributed by atoms with E-state index in [1.807, 2.05) is 0 Å². The first-order valence-corrected chi connectivity index (χ1v) is 9.04. The predicted molar refractivity (Wildman–Crippen MR) is 105 cm³/mol. The first kappa shape index (κ1) is 18.3. The Morgan fingerprint density at radius 1 is 1.08 bits per heavy atom. The van der Waals surface area contributed by atoms with Crippen LogP contribution in [0.25, 0.3) is 0 Å². The number of guanidine groups is 1. The fourth-order valence-corrected chi connectivity index (χ4v) is 3.05. The lowest BCUT2D eigenvalue weighted by Gasteiger charge is -2.12. The zero-order valence-corrected chi connectivity index (χ0v) is 15.5. The Kier molecular flexibility index (Phi) is 6.50. The third kappa shape index (κ3) is 4.99. The van der Waals surface area contributed by atoms with Crippen LogP contribution in [0.1, 0.15) is 22.3 Å². The minimum Gasteiger partial charge on any atom is -0.493 e. The van der Waals surface area contributed by atoms with E-state index in [0.717, 1.165) is 44.2 Å². The molecule has 0 atom stereocenters. The highest BCUT2D eigenvalue weighted by Crippen LogP contribution is 2.25. The van der Waals surface area contributed by atoms with Gasteiger partial charge in [0, 0.05) is 33.7 Å². The molecule has 5 nitrogen and oxygen atoms in total. The molecule has 0 bridgehead atoms. The summed E-state index contributed by atoms with van der Waals surface area (Å²) in [5, 5.41) is 6.73. The smallest absolute Gasteiger partial charge is 0.191 e. The van der Waals surface area contributed by atoms with Crippen molar-refractivity contribution in [1.29, 1.82) is 0 Å². The molecule has 0 fully saturated rings. The molecule has 0 saturated carbocycles. The van der Waals surface area contributed by atoms with Gasteiger partial charge >= 0.3 is 0 Å². The molecule has 0 amide bonds. The fourth-order valence-electron chi connectivity index (χ4n) is 3.05. The van der Waals surface area contributed by atoms with Gasteiger partial charge in [-0.2, -0.15) is 0 Å². The molecule has 1 aliphatic heterocycles. The lowest BCUT2D eigenvalue weighted by molar-refractivity contribution is 0.185. The Balaban J connectivity index is 1.43. The molecule has 5 heteroatoms. The maximum absolute atomic E-state index is 5.56. The molecule has 0 aromatic heterocycles. The fraction of sp³-hybridized carbons (Fsp3) is 0.381. The van der Waals surface area contributed by atoms with Gasteiger partial charge in [-0.1, -0.05) is 36.4 Å². The second-order valence-electron chi connectivity index (χ2n) is 6.39. The molecule has 138 valence electrons. The molecule has 2 aromatic carbocycles. The molecule has 2 N–H and O–H groups in total. The van der Waals surface area contributed by atoms with E-state index in [-0.39, 0.29) is 0 Å². The number of methoxy groups -OCH3 is 1. The highest BCUT2D eigenvalue weighted by atomic mass is 16.5. The molecule has 1 heterocycles. The summed E-state index contributed by atoms with van der Waals surface area (Å²) in [6.07, 6.45) is 1.97. The highest BCUT2D eigenvalue weighted by Gasteiger charge is 2.11. The Labute approximate surface area is 155 Å². The Morgan fingerprint density at radius 2 is 1.85 bits per heavy atom. The van der Waals surface area contributed by atoms with Gasteiger partial charge in [-0.15, -0.1) is 0 Å². The van der Waals surface area contributed by atoms with Crippen LogP contribution in [0, 0.1) is 0 Å². The Morgan fingerprint density at radius 3 is 2.62 bits per heavy atom. The van der Waals surface area contributed by atoms with Gasteiger partial charge in [0.1, 0.15) is 5.75 Å². The van der Waals surface area contributed by atoms with Crippen LogP contribution in [0.2, 0.25) is 0 Å². The van der Waals surface area contributed by atoms with E-state index < -0.39 is 0 Å². The summed E-state index contributed by atoms with van der Waals surface area (Å²) in [6.45, 7) is 3.03. The average molecular weight is 353 g/mol. The number of benzene rings is 2. The van der Waals surface area contributed by atoms with Crippen LogP contribution >= 0.6 is 0 Å². The Bertz CT molecular complexity index is 741. The van der Waals surface area contributed by atoms with E-state index in [9.17, 15) is 0 Å². The minimum absolute atomic E-state index is 0.645. The first-order chi connectivity index (χ1) is 12.8. The number of ether oxygens (including phenoxy) is 2. The van der Waals surface area contributed by atoms with Gasteiger partial charge in [0.25, 0.3) is 0 Å². The van der Waals surface area contributed by atoms with Crippen molar-refractivity contribution in [3.05, 3.63) is 64.7 Å². The largest absolute Gasteiger partial charge is 0.493 e. The second-order valence-corrected chi connectivity index (χ2v) is 6.39. The second kappa shape index (κ2) is 9.25. The van der Waals surface area contributed by atoms with Crippen LogP contribution in [0.3, 0.4) is 0 Å². The van der Waals surface area contributed by atoms with Crippen molar-refractivity contribution in [2.24, 2.45) is 4.99 Å². The van der Waals surface area contributed by atoms with Crippen molar-refractivity contribution >= 4 is 5.96 Å². The number of fused-ring (bicyclic) bond motifs is 1. The summed E-state index contributed by atoms with van der Waals surface area (Å²) in [7, 11) is 3.51. The predicted octanol–water partition coefficient (Wildman–Crippen LogP) is 2.68. The molecule has 0 saturated heterocycles. The highest BCUT2D eigenvalue weighted by molar-refractivity contribution is 5.79. The lowest BCUT2D eigenvalue weighted by atomic mass is 10.1. The summed E-state index contributed by atoms with van der Waals surface area (Å²) >= 11 is 0. The Hall–Kier alpha value is -2.53. The third-order valence-corrected chi connectivity index (χ3v) is 4.48. The van der Waals surface area contributed by atoms with Gasteiger partial charge < -0.3 is 20.1 Å². The average Bonchev–Trinajstić information content (AvgIpc) is 3.14. The molecule has 0 aliphatic carbocycles. The first-order valence-electron chi connectivity index (χ1n) is 9.04. The zero-order valence-electron chi connectivity index (χ0n) is 15.5. The maximum Gasteiger partial charge on any atom is 0.191 e. The number of aliphatic imine (C=N–C) groups is 1. The van der Waals surface area contributed by atoms with E-state index in [4.69, 9.17) is 9.47 Å². The van der Waals surface area contributed by atoms with Crippen LogP contribution in [0.5, 0.6) is 5.75 Å². The van der Waals surface area contributed by atoms with Gasteiger partial charge in [-0.3, -0.25) is 4.99 Å². The minimum atomic E-state index is 0.645. The van der Waals surface area contributed by atoms with Crippen molar-refractivity contribution in [2.75, 3.05) is 27.3 Å². The van der Waals surface area contributed by atoms with Crippen LogP contribution in [-0.2, 0) is 30.7 Å². The SMILES string of the molecule is CN=C(NCCc1ccc2c(c1)CCO2)NCc1ccc(COC)cc1. The number of nitrogens with one attached hydrogen (secondary N) is 2. The summed E-state index contributed by atoms with van der Waals surface area (Å²) in [5.74, 6) is 1.85. The van der Waals surface area contributed by atoms with Crippen LogP contribution in [-0.4, -0.2) is 33.3 Å². The monoisotopic (exact) mass is 353 g/mol. The van der Waals surface area contributed by atoms with Gasteiger partial charge in [-0.25, -0.2) is 0 Å². The zero-order chi connectivity index (χ0) is 18.2. The van der Waals surface area contributed by atoms with E-state index in [1.54, 1.807) is 14.2 Å². The summed E-state index contributed by atoms with van der Waals surface area (Å²) in [6, 6.07) is 14.9. The maximum atomic E-state index is 5.56. The van der Waals surface area contributed by atoms with Crippen LogP contribution in [0.4, 0.5) is 0 Å². The quantitative estimate of drug-likeness (QED) is 0.594. The van der Waals surface area contributed by atoms with E-state index in [1.165, 1.54) is 22.3 Å². The number of rotatable bonds is 7. The summed E-state index contributed by atoms with van der Waals surface area (Å²) in [4.78, 5) is 4.29. The standard InChI is InChI=1S/C21H27N3O2/c1-22-21(24-14-17-3-5-18(6-4-17)15-25-2)23-11-9-16-7-8-20-19(13-16)10-12-26-20/h3-8,13H,9-12,14-15H2,1-2H3,(H2,22,23,24). The van der Waals surface area contributed by atoms with Gasteiger partial charge in [0.2, 0.25) is 0 Å². The van der Waals surface area contributed by atoms with Crippen molar-refractivity contribution in [1.82, 2.24) is 10.6 Å². The third-order valence-electron chi connectivity index (χ3n) is 4.48. The number of hydrogen-bond acceptors (Lipinski definition) is 3. The van der Waals surface area contributed by atoms with Crippen molar-refractivity contribution in [3.8, 4) is 5.75 Å². The van der Waals surface area contributed by atoms with Gasteiger partial charge in [-0.05, 0) is 34.7 Å². The molecule has 0 radical (unpaired) electrons. The van der Waals surface area contributed by atoms with Gasteiger partial charge in [0.05, 0.1) is 13.2 Å².